The van der Waals surface area contributed by atoms with Crippen LogP contribution in [0.5, 0.6) is 0 Å². The molecule has 1 saturated heterocycles. The van der Waals surface area contributed by atoms with E-state index in [1.807, 2.05) is 11.3 Å². The van der Waals surface area contributed by atoms with Crippen LogP contribution in [0.1, 0.15) is 27.4 Å². The molecular formula is C11H15BrOS. The van der Waals surface area contributed by atoms with Crippen LogP contribution in [0.25, 0.3) is 0 Å². The van der Waals surface area contributed by atoms with E-state index in [1.165, 1.54) is 22.6 Å². The van der Waals surface area contributed by atoms with Crippen LogP contribution in [0.2, 0.25) is 0 Å². The largest absolute Gasteiger partial charge is 0.381 e. The minimum atomic E-state index is 0.487. The first-order chi connectivity index (χ1) is 6.77. The van der Waals surface area contributed by atoms with E-state index in [2.05, 4.69) is 35.0 Å². The van der Waals surface area contributed by atoms with E-state index < -0.39 is 0 Å². The van der Waals surface area contributed by atoms with Gasteiger partial charge in [-0.1, -0.05) is 15.9 Å². The van der Waals surface area contributed by atoms with Crippen LogP contribution in [0.15, 0.2) is 12.1 Å². The third kappa shape index (κ3) is 2.38. The van der Waals surface area contributed by atoms with Crippen molar-refractivity contribution in [3.63, 3.8) is 0 Å². The summed E-state index contributed by atoms with van der Waals surface area (Å²) < 4.78 is 5.51. The van der Waals surface area contributed by atoms with Crippen molar-refractivity contribution < 1.29 is 4.74 Å². The minimum absolute atomic E-state index is 0.487. The monoisotopic (exact) mass is 274 g/mol. The van der Waals surface area contributed by atoms with Crippen molar-refractivity contribution in [3.05, 3.63) is 21.9 Å². The van der Waals surface area contributed by atoms with Crippen molar-refractivity contribution in [1.29, 1.82) is 0 Å². The zero-order valence-electron chi connectivity index (χ0n) is 8.33. The lowest BCUT2D eigenvalue weighted by molar-refractivity contribution is 0.0549. The van der Waals surface area contributed by atoms with Gasteiger partial charge in [-0.25, -0.2) is 0 Å². The van der Waals surface area contributed by atoms with Crippen molar-refractivity contribution in [3.8, 4) is 0 Å². The van der Waals surface area contributed by atoms with E-state index in [-0.39, 0.29) is 0 Å². The van der Waals surface area contributed by atoms with Gasteiger partial charge in [-0.2, -0.15) is 0 Å². The van der Waals surface area contributed by atoms with E-state index >= 15 is 0 Å². The Hall–Kier alpha value is 0.140. The molecule has 14 heavy (non-hydrogen) atoms. The van der Waals surface area contributed by atoms with Crippen LogP contribution in [-0.4, -0.2) is 13.2 Å². The molecule has 2 heterocycles. The molecule has 1 aromatic heterocycles. The lowest BCUT2D eigenvalue weighted by atomic mass is 9.98. The van der Waals surface area contributed by atoms with Gasteiger partial charge in [0.2, 0.25) is 0 Å². The molecular weight excluding hydrogens is 260 g/mol. The molecule has 1 nitrogen and oxygen atoms in total. The first kappa shape index (κ1) is 10.7. The van der Waals surface area contributed by atoms with Gasteiger partial charge in [-0.05, 0) is 37.8 Å². The minimum Gasteiger partial charge on any atom is -0.381 e. The molecule has 3 heteroatoms. The van der Waals surface area contributed by atoms with E-state index in [9.17, 15) is 0 Å². The average Bonchev–Trinajstić information content (AvgIpc) is 2.65. The summed E-state index contributed by atoms with van der Waals surface area (Å²) in [6.45, 7) is 4.01. The SMILES string of the molecule is Cc1ccc(C(Br)C2CCCOC2)s1. The molecule has 78 valence electrons. The molecule has 2 rings (SSSR count). The van der Waals surface area contributed by atoms with Crippen molar-refractivity contribution in [2.45, 2.75) is 24.6 Å². The van der Waals surface area contributed by atoms with E-state index in [4.69, 9.17) is 4.74 Å². The molecule has 1 fully saturated rings. The van der Waals surface area contributed by atoms with Gasteiger partial charge in [0.25, 0.3) is 0 Å². The first-order valence-electron chi connectivity index (χ1n) is 5.05. The Balaban J connectivity index is 2.03. The highest BCUT2D eigenvalue weighted by Gasteiger charge is 2.24. The highest BCUT2D eigenvalue weighted by Crippen LogP contribution is 2.38. The molecule has 0 amide bonds. The number of halogens is 1. The molecule has 0 saturated carbocycles. The number of thiophene rings is 1. The summed E-state index contributed by atoms with van der Waals surface area (Å²) in [5, 5.41) is 0. The van der Waals surface area contributed by atoms with Crippen LogP contribution < -0.4 is 0 Å². The Labute approximate surface area is 97.6 Å². The number of hydrogen-bond donors (Lipinski definition) is 0. The van der Waals surface area contributed by atoms with Crippen molar-refractivity contribution >= 4 is 27.3 Å². The Morgan fingerprint density at radius 3 is 3.00 bits per heavy atom. The predicted octanol–water partition coefficient (Wildman–Crippen LogP) is 3.92. The number of hydrogen-bond acceptors (Lipinski definition) is 2. The van der Waals surface area contributed by atoms with Crippen LogP contribution in [0, 0.1) is 12.8 Å². The summed E-state index contributed by atoms with van der Waals surface area (Å²) in [5.74, 6) is 0.654. The van der Waals surface area contributed by atoms with Crippen LogP contribution in [0.3, 0.4) is 0 Å². The van der Waals surface area contributed by atoms with Gasteiger partial charge >= 0.3 is 0 Å². The maximum atomic E-state index is 5.51. The molecule has 0 spiro atoms. The Bertz CT molecular complexity index is 291. The van der Waals surface area contributed by atoms with Crippen molar-refractivity contribution in [1.82, 2.24) is 0 Å². The summed E-state index contributed by atoms with van der Waals surface area (Å²) >= 11 is 5.68. The quantitative estimate of drug-likeness (QED) is 0.743. The highest BCUT2D eigenvalue weighted by atomic mass is 79.9. The summed E-state index contributed by atoms with van der Waals surface area (Å²) in [6.07, 6.45) is 2.49. The van der Waals surface area contributed by atoms with Crippen molar-refractivity contribution in [2.75, 3.05) is 13.2 Å². The first-order valence-corrected chi connectivity index (χ1v) is 6.79. The Kier molecular flexibility index (Phi) is 3.63. The zero-order valence-corrected chi connectivity index (χ0v) is 10.7. The van der Waals surface area contributed by atoms with Gasteiger partial charge in [0, 0.05) is 16.4 Å². The number of aryl methyl sites for hydroxylation is 1. The summed E-state index contributed by atoms with van der Waals surface area (Å²) in [4.78, 5) is 3.32. The van der Waals surface area contributed by atoms with Gasteiger partial charge < -0.3 is 4.74 Å². The zero-order chi connectivity index (χ0) is 9.97. The summed E-state index contributed by atoms with van der Waals surface area (Å²) in [5.41, 5.74) is 0. The fourth-order valence-corrected chi connectivity index (χ4v) is 3.63. The van der Waals surface area contributed by atoms with Gasteiger partial charge in [0.05, 0.1) is 11.4 Å². The maximum absolute atomic E-state index is 5.51. The molecule has 1 aliphatic heterocycles. The second-order valence-electron chi connectivity index (χ2n) is 3.83. The number of alkyl halides is 1. The Morgan fingerprint density at radius 2 is 2.43 bits per heavy atom. The number of rotatable bonds is 2. The Morgan fingerprint density at radius 1 is 1.57 bits per heavy atom. The topological polar surface area (TPSA) is 9.23 Å². The van der Waals surface area contributed by atoms with Gasteiger partial charge in [0.15, 0.2) is 0 Å². The van der Waals surface area contributed by atoms with E-state index in [0.717, 1.165) is 13.2 Å². The smallest absolute Gasteiger partial charge is 0.0539 e. The molecule has 0 aromatic carbocycles. The highest BCUT2D eigenvalue weighted by molar-refractivity contribution is 9.09. The molecule has 1 aliphatic rings. The molecule has 0 aliphatic carbocycles. The van der Waals surface area contributed by atoms with E-state index in [0.29, 0.717) is 10.7 Å². The van der Waals surface area contributed by atoms with Crippen LogP contribution >= 0.6 is 27.3 Å². The second kappa shape index (κ2) is 4.77. The molecule has 1 aromatic rings. The average molecular weight is 275 g/mol. The standard InChI is InChI=1S/C11H15BrOS/c1-8-4-5-10(14-8)11(12)9-3-2-6-13-7-9/h4-5,9,11H,2-3,6-7H2,1H3. The predicted molar refractivity (Wildman–Crippen MR) is 64.3 cm³/mol. The molecule has 0 bridgehead atoms. The van der Waals surface area contributed by atoms with Gasteiger partial charge in [-0.3, -0.25) is 0 Å². The van der Waals surface area contributed by atoms with Crippen molar-refractivity contribution in [2.24, 2.45) is 5.92 Å². The molecule has 2 atom stereocenters. The lowest BCUT2D eigenvalue weighted by Gasteiger charge is -2.25. The molecule has 2 unspecified atom stereocenters. The third-order valence-corrected chi connectivity index (χ3v) is 5.27. The fourth-order valence-electron chi connectivity index (χ4n) is 1.83. The fraction of sp³-hybridized carbons (Fsp3) is 0.636. The van der Waals surface area contributed by atoms with Crippen LogP contribution in [0.4, 0.5) is 0 Å². The van der Waals surface area contributed by atoms with Crippen LogP contribution in [-0.2, 0) is 4.74 Å². The molecule has 0 radical (unpaired) electrons. The summed E-state index contributed by atoms with van der Waals surface area (Å²) in [7, 11) is 0. The normalized spacial score (nSPS) is 24.9. The van der Waals surface area contributed by atoms with Gasteiger partial charge in [-0.15, -0.1) is 11.3 Å². The lowest BCUT2D eigenvalue weighted by Crippen LogP contribution is -2.20. The van der Waals surface area contributed by atoms with Gasteiger partial charge in [0.1, 0.15) is 0 Å². The van der Waals surface area contributed by atoms with E-state index in [1.54, 1.807) is 0 Å². The summed E-state index contributed by atoms with van der Waals surface area (Å²) in [6, 6.07) is 4.42. The third-order valence-electron chi connectivity index (χ3n) is 2.64. The maximum Gasteiger partial charge on any atom is 0.0539 e. The number of ether oxygens (including phenoxy) is 1. The molecule has 0 N–H and O–H groups in total. The second-order valence-corrected chi connectivity index (χ2v) is 6.13.